The van der Waals surface area contributed by atoms with Crippen LogP contribution in [0.25, 0.3) is 0 Å². The van der Waals surface area contributed by atoms with Crippen molar-refractivity contribution in [2.75, 3.05) is 13.1 Å². The summed E-state index contributed by atoms with van der Waals surface area (Å²) in [4.78, 5) is 26.3. The molecule has 3 N–H and O–H groups in total. The lowest BCUT2D eigenvalue weighted by Crippen LogP contribution is -2.25. The molecule has 0 unspecified atom stereocenters. The number of aliphatic imine (C=N–C) groups is 1. The third kappa shape index (κ3) is 4.79. The third-order valence-electron chi connectivity index (χ3n) is 3.38. The number of rotatable bonds is 8. The molecule has 0 saturated heterocycles. The van der Waals surface area contributed by atoms with Gasteiger partial charge in [-0.25, -0.2) is 8.42 Å². The fraction of sp³-hybridized carbons (Fsp3) is 0.400. The molecule has 0 radical (unpaired) electrons. The van der Waals surface area contributed by atoms with Crippen LogP contribution in [0.5, 0.6) is 0 Å². The van der Waals surface area contributed by atoms with Gasteiger partial charge in [-0.1, -0.05) is 12.1 Å². The first kappa shape index (κ1) is 17.9. The van der Waals surface area contributed by atoms with E-state index in [0.29, 0.717) is 37.3 Å². The number of sulfonamides is 1. The summed E-state index contributed by atoms with van der Waals surface area (Å²) in [5.41, 5.74) is 0.538. The van der Waals surface area contributed by atoms with Crippen LogP contribution >= 0.6 is 0 Å². The predicted octanol–water partition coefficient (Wildman–Crippen LogP) is 0.486. The standard InChI is InChI=1S/C15H19N3O5S/c19-13(16-9-4-8-14(20)21)7-3-10-17-15-11-5-1-2-6-12(11)24(22,23)18-15/h1-2,5-6H,3-4,7-10H2,(H,16,19)(H,17,18)(H,20,21). The predicted molar refractivity (Wildman–Crippen MR) is 87.3 cm³/mol. The summed E-state index contributed by atoms with van der Waals surface area (Å²) in [6.07, 6.45) is 1.13. The minimum absolute atomic E-state index is 0.0213. The molecule has 0 aliphatic carbocycles. The van der Waals surface area contributed by atoms with Gasteiger partial charge in [-0.05, 0) is 25.0 Å². The fourth-order valence-electron chi connectivity index (χ4n) is 2.24. The maximum absolute atomic E-state index is 11.9. The summed E-state index contributed by atoms with van der Waals surface area (Å²) in [5, 5.41) is 11.1. The number of hydrogen-bond acceptors (Lipinski definition) is 5. The van der Waals surface area contributed by atoms with E-state index in [1.807, 2.05) is 0 Å². The first-order chi connectivity index (χ1) is 11.4. The largest absolute Gasteiger partial charge is 0.481 e. The minimum Gasteiger partial charge on any atom is -0.481 e. The summed E-state index contributed by atoms with van der Waals surface area (Å²) in [5.74, 6) is -0.764. The average molecular weight is 353 g/mol. The maximum Gasteiger partial charge on any atom is 0.303 e. The van der Waals surface area contributed by atoms with Crippen molar-refractivity contribution in [2.24, 2.45) is 4.99 Å². The highest BCUT2D eigenvalue weighted by Crippen LogP contribution is 2.22. The lowest BCUT2D eigenvalue weighted by Gasteiger charge is -2.03. The van der Waals surface area contributed by atoms with Crippen molar-refractivity contribution in [1.82, 2.24) is 10.0 Å². The van der Waals surface area contributed by atoms with Gasteiger partial charge in [0.1, 0.15) is 5.84 Å². The number of carbonyl (C=O) groups is 2. The Kier molecular flexibility index (Phi) is 5.91. The molecule has 1 amide bonds. The zero-order valence-electron chi connectivity index (χ0n) is 13.0. The number of benzene rings is 1. The maximum atomic E-state index is 11.9. The second-order valence-electron chi connectivity index (χ2n) is 5.28. The molecule has 2 rings (SSSR count). The molecular weight excluding hydrogens is 334 g/mol. The number of carboxylic acids is 1. The number of nitrogens with zero attached hydrogens (tertiary/aromatic N) is 1. The number of amides is 1. The molecule has 8 nitrogen and oxygen atoms in total. The molecule has 1 aliphatic heterocycles. The van der Waals surface area contributed by atoms with Gasteiger partial charge < -0.3 is 10.4 Å². The van der Waals surface area contributed by atoms with E-state index in [-0.39, 0.29) is 23.6 Å². The lowest BCUT2D eigenvalue weighted by molar-refractivity contribution is -0.137. The summed E-state index contributed by atoms with van der Waals surface area (Å²) in [6.45, 7) is 0.640. The zero-order chi connectivity index (χ0) is 17.6. The van der Waals surface area contributed by atoms with Gasteiger partial charge in [0.25, 0.3) is 10.0 Å². The molecule has 0 bridgehead atoms. The van der Waals surface area contributed by atoms with Crippen LogP contribution in [0.1, 0.15) is 31.2 Å². The Balaban J connectivity index is 1.77. The van der Waals surface area contributed by atoms with Gasteiger partial charge in [0.2, 0.25) is 5.91 Å². The Hall–Kier alpha value is -2.42. The highest BCUT2D eigenvalue weighted by molar-refractivity contribution is 7.90. The van der Waals surface area contributed by atoms with E-state index < -0.39 is 16.0 Å². The third-order valence-corrected chi connectivity index (χ3v) is 4.78. The van der Waals surface area contributed by atoms with Crippen LogP contribution in [0.4, 0.5) is 0 Å². The topological polar surface area (TPSA) is 125 Å². The van der Waals surface area contributed by atoms with Crippen molar-refractivity contribution < 1.29 is 23.1 Å². The monoisotopic (exact) mass is 353 g/mol. The number of fused-ring (bicyclic) bond motifs is 1. The van der Waals surface area contributed by atoms with E-state index in [1.165, 1.54) is 6.07 Å². The molecule has 0 aromatic heterocycles. The molecule has 1 aromatic carbocycles. The molecule has 0 atom stereocenters. The van der Waals surface area contributed by atoms with Crippen LogP contribution in [0, 0.1) is 0 Å². The fourth-order valence-corrected chi connectivity index (χ4v) is 3.49. The van der Waals surface area contributed by atoms with Crippen LogP contribution in [-0.2, 0) is 19.6 Å². The molecule has 24 heavy (non-hydrogen) atoms. The van der Waals surface area contributed by atoms with E-state index in [4.69, 9.17) is 5.11 Å². The zero-order valence-corrected chi connectivity index (χ0v) is 13.8. The summed E-state index contributed by atoms with van der Waals surface area (Å²) in [7, 11) is -3.54. The molecular formula is C15H19N3O5S. The van der Waals surface area contributed by atoms with E-state index in [0.717, 1.165) is 0 Å². The van der Waals surface area contributed by atoms with E-state index >= 15 is 0 Å². The number of hydrogen-bond donors (Lipinski definition) is 3. The second kappa shape index (κ2) is 7.91. The minimum atomic E-state index is -3.54. The summed E-state index contributed by atoms with van der Waals surface area (Å²) in [6, 6.07) is 6.59. The number of nitrogens with one attached hydrogen (secondary N) is 2. The highest BCUT2D eigenvalue weighted by Gasteiger charge is 2.29. The number of aliphatic carboxylic acids is 1. The second-order valence-corrected chi connectivity index (χ2v) is 6.93. The van der Waals surface area contributed by atoms with Crippen molar-refractivity contribution in [1.29, 1.82) is 0 Å². The molecule has 1 aromatic rings. The van der Waals surface area contributed by atoms with Crippen molar-refractivity contribution in [2.45, 2.75) is 30.6 Å². The van der Waals surface area contributed by atoms with Crippen molar-refractivity contribution in [3.8, 4) is 0 Å². The Morgan fingerprint density at radius 2 is 1.92 bits per heavy atom. The van der Waals surface area contributed by atoms with Crippen LogP contribution in [0.2, 0.25) is 0 Å². The molecule has 0 saturated carbocycles. The van der Waals surface area contributed by atoms with E-state index in [1.54, 1.807) is 18.2 Å². The van der Waals surface area contributed by atoms with Gasteiger partial charge in [-0.15, -0.1) is 0 Å². The first-order valence-electron chi connectivity index (χ1n) is 7.55. The van der Waals surface area contributed by atoms with Crippen molar-refractivity contribution >= 4 is 27.7 Å². The van der Waals surface area contributed by atoms with Gasteiger partial charge in [0.05, 0.1) is 4.90 Å². The quantitative estimate of drug-likeness (QED) is 0.587. The average Bonchev–Trinajstić information content (AvgIpc) is 2.79. The molecule has 1 heterocycles. The highest BCUT2D eigenvalue weighted by atomic mass is 32.2. The van der Waals surface area contributed by atoms with Gasteiger partial charge in [-0.2, -0.15) is 0 Å². The molecule has 1 aliphatic rings. The van der Waals surface area contributed by atoms with E-state index in [9.17, 15) is 18.0 Å². The van der Waals surface area contributed by atoms with Crippen molar-refractivity contribution in [3.05, 3.63) is 29.8 Å². The molecule has 9 heteroatoms. The Labute approximate surface area is 140 Å². The first-order valence-corrected chi connectivity index (χ1v) is 9.03. The number of amidine groups is 1. The Morgan fingerprint density at radius 3 is 2.67 bits per heavy atom. The van der Waals surface area contributed by atoms with Gasteiger partial charge >= 0.3 is 5.97 Å². The van der Waals surface area contributed by atoms with E-state index in [2.05, 4.69) is 15.0 Å². The lowest BCUT2D eigenvalue weighted by atomic mass is 10.2. The Morgan fingerprint density at radius 1 is 1.17 bits per heavy atom. The molecule has 130 valence electrons. The van der Waals surface area contributed by atoms with Crippen molar-refractivity contribution in [3.63, 3.8) is 0 Å². The SMILES string of the molecule is O=C(O)CCCNC(=O)CCCN=C1NS(=O)(=O)c2ccccc21. The normalized spacial score (nSPS) is 16.4. The van der Waals surface area contributed by atoms with Crippen LogP contribution in [-0.4, -0.2) is 44.3 Å². The number of carboxylic acid groups (broad SMARTS) is 1. The Bertz CT molecular complexity index is 758. The smallest absolute Gasteiger partial charge is 0.303 e. The summed E-state index contributed by atoms with van der Waals surface area (Å²) < 4.78 is 26.2. The number of carbonyl (C=O) groups excluding carboxylic acids is 1. The molecule has 0 fully saturated rings. The van der Waals surface area contributed by atoms with Gasteiger partial charge in [-0.3, -0.25) is 19.3 Å². The molecule has 0 spiro atoms. The van der Waals surface area contributed by atoms with Crippen LogP contribution < -0.4 is 10.0 Å². The van der Waals surface area contributed by atoms with Gasteiger partial charge in [0, 0.05) is 31.5 Å². The van der Waals surface area contributed by atoms with Crippen LogP contribution in [0.3, 0.4) is 0 Å². The van der Waals surface area contributed by atoms with Crippen LogP contribution in [0.15, 0.2) is 34.2 Å². The summed E-state index contributed by atoms with van der Waals surface area (Å²) >= 11 is 0. The van der Waals surface area contributed by atoms with Gasteiger partial charge in [0.15, 0.2) is 0 Å².